The predicted molar refractivity (Wildman–Crippen MR) is 93.5 cm³/mol. The first-order chi connectivity index (χ1) is 11.5. The van der Waals surface area contributed by atoms with Crippen LogP contribution in [0.2, 0.25) is 5.02 Å². The van der Waals surface area contributed by atoms with Gasteiger partial charge < -0.3 is 15.3 Å². The Morgan fingerprint density at radius 1 is 1.29 bits per heavy atom. The number of aromatic nitrogens is 2. The van der Waals surface area contributed by atoms with Gasteiger partial charge in [-0.3, -0.25) is 4.79 Å². The summed E-state index contributed by atoms with van der Waals surface area (Å²) in [6.07, 6.45) is 3.03. The van der Waals surface area contributed by atoms with Gasteiger partial charge >= 0.3 is 0 Å². The van der Waals surface area contributed by atoms with Gasteiger partial charge in [-0.15, -0.1) is 0 Å². The summed E-state index contributed by atoms with van der Waals surface area (Å²) in [6.45, 7) is 3.45. The molecule has 24 heavy (non-hydrogen) atoms. The first-order valence-electron chi connectivity index (χ1n) is 7.86. The number of halogens is 1. The second kappa shape index (κ2) is 7.05. The van der Waals surface area contributed by atoms with Crippen molar-refractivity contribution < 1.29 is 9.90 Å². The Hall–Kier alpha value is -2.34. The Bertz CT molecular complexity index is 745. The van der Waals surface area contributed by atoms with E-state index in [0.29, 0.717) is 10.7 Å². The summed E-state index contributed by atoms with van der Waals surface area (Å²) in [5, 5.41) is 13.0. The van der Waals surface area contributed by atoms with Gasteiger partial charge in [0.15, 0.2) is 0 Å². The van der Waals surface area contributed by atoms with E-state index in [2.05, 4.69) is 20.2 Å². The standard InChI is InChI=1S/C17H19ClN4O2/c1-11-8-16(20-10-19-11)22-6-4-12(5-7-22)17(24)21-14-9-13(18)2-3-15(14)23/h2-3,8-10,12,23H,4-7H2,1H3,(H,21,24). The highest BCUT2D eigenvalue weighted by Gasteiger charge is 2.26. The first-order valence-corrected chi connectivity index (χ1v) is 8.23. The molecule has 1 fully saturated rings. The molecule has 2 heterocycles. The maximum atomic E-state index is 12.4. The molecule has 1 amide bonds. The van der Waals surface area contributed by atoms with Crippen LogP contribution in [0.5, 0.6) is 5.75 Å². The topological polar surface area (TPSA) is 78.4 Å². The van der Waals surface area contributed by atoms with E-state index >= 15 is 0 Å². The Balaban J connectivity index is 1.60. The van der Waals surface area contributed by atoms with Gasteiger partial charge in [0, 0.05) is 35.8 Å². The third-order valence-corrected chi connectivity index (χ3v) is 4.43. The highest BCUT2D eigenvalue weighted by Crippen LogP contribution is 2.28. The molecule has 0 saturated carbocycles. The van der Waals surface area contributed by atoms with Crippen LogP contribution in [-0.2, 0) is 4.79 Å². The second-order valence-corrected chi connectivity index (χ2v) is 6.37. The first kappa shape index (κ1) is 16.5. The minimum absolute atomic E-state index is 0.0154. The highest BCUT2D eigenvalue weighted by molar-refractivity contribution is 6.31. The van der Waals surface area contributed by atoms with Gasteiger partial charge in [0.1, 0.15) is 17.9 Å². The molecule has 1 saturated heterocycles. The predicted octanol–water partition coefficient (Wildman–Crippen LogP) is 3.00. The average molecular weight is 347 g/mol. The quantitative estimate of drug-likeness (QED) is 0.835. The van der Waals surface area contributed by atoms with Gasteiger partial charge in [-0.05, 0) is 38.0 Å². The van der Waals surface area contributed by atoms with E-state index in [4.69, 9.17) is 11.6 Å². The summed E-state index contributed by atoms with van der Waals surface area (Å²) < 4.78 is 0. The monoisotopic (exact) mass is 346 g/mol. The van der Waals surface area contributed by atoms with Crippen LogP contribution in [0.3, 0.4) is 0 Å². The molecule has 126 valence electrons. The summed E-state index contributed by atoms with van der Waals surface area (Å²) in [4.78, 5) is 23.0. The number of aryl methyl sites for hydroxylation is 1. The van der Waals surface area contributed by atoms with Crippen molar-refractivity contribution in [3.8, 4) is 5.75 Å². The van der Waals surface area contributed by atoms with Crippen molar-refractivity contribution in [2.75, 3.05) is 23.3 Å². The van der Waals surface area contributed by atoms with Crippen LogP contribution in [0.25, 0.3) is 0 Å². The lowest BCUT2D eigenvalue weighted by Gasteiger charge is -2.32. The molecule has 2 N–H and O–H groups in total. The number of carbonyl (C=O) groups is 1. The molecule has 1 aliphatic rings. The second-order valence-electron chi connectivity index (χ2n) is 5.93. The van der Waals surface area contributed by atoms with Crippen molar-refractivity contribution in [1.29, 1.82) is 0 Å². The summed E-state index contributed by atoms with van der Waals surface area (Å²) in [6, 6.07) is 6.55. The Morgan fingerprint density at radius 3 is 2.75 bits per heavy atom. The van der Waals surface area contributed by atoms with Crippen molar-refractivity contribution in [3.05, 3.63) is 41.3 Å². The molecule has 3 rings (SSSR count). The minimum Gasteiger partial charge on any atom is -0.506 e. The number of hydrogen-bond acceptors (Lipinski definition) is 5. The van der Waals surface area contributed by atoms with Crippen LogP contribution in [0.1, 0.15) is 18.5 Å². The molecular weight excluding hydrogens is 328 g/mol. The van der Waals surface area contributed by atoms with Crippen LogP contribution < -0.4 is 10.2 Å². The number of phenols is 1. The van der Waals surface area contributed by atoms with Gasteiger partial charge in [0.25, 0.3) is 0 Å². The van der Waals surface area contributed by atoms with E-state index in [1.54, 1.807) is 18.5 Å². The molecule has 0 aliphatic carbocycles. The lowest BCUT2D eigenvalue weighted by molar-refractivity contribution is -0.120. The minimum atomic E-state index is -0.0948. The fraction of sp³-hybridized carbons (Fsp3) is 0.353. The van der Waals surface area contributed by atoms with E-state index in [9.17, 15) is 9.90 Å². The third kappa shape index (κ3) is 3.76. The lowest BCUT2D eigenvalue weighted by atomic mass is 9.95. The zero-order chi connectivity index (χ0) is 17.1. The number of carbonyl (C=O) groups excluding carboxylic acids is 1. The maximum absolute atomic E-state index is 12.4. The number of rotatable bonds is 3. The SMILES string of the molecule is Cc1cc(N2CCC(C(=O)Nc3cc(Cl)ccc3O)CC2)ncn1. The fourth-order valence-corrected chi connectivity index (χ4v) is 3.00. The number of amides is 1. The summed E-state index contributed by atoms with van der Waals surface area (Å²) in [7, 11) is 0. The van der Waals surface area contributed by atoms with E-state index in [-0.39, 0.29) is 17.6 Å². The van der Waals surface area contributed by atoms with Crippen LogP contribution in [0, 0.1) is 12.8 Å². The van der Waals surface area contributed by atoms with Crippen molar-refractivity contribution in [1.82, 2.24) is 9.97 Å². The molecule has 7 heteroatoms. The molecule has 0 unspecified atom stereocenters. The van der Waals surface area contributed by atoms with Crippen LogP contribution in [0.15, 0.2) is 30.6 Å². The van der Waals surface area contributed by atoms with E-state index in [1.165, 1.54) is 6.07 Å². The average Bonchev–Trinajstić information content (AvgIpc) is 2.58. The van der Waals surface area contributed by atoms with Gasteiger partial charge in [0.05, 0.1) is 5.69 Å². The van der Waals surface area contributed by atoms with Crippen molar-refractivity contribution in [2.45, 2.75) is 19.8 Å². The van der Waals surface area contributed by atoms with Gasteiger partial charge in [-0.2, -0.15) is 0 Å². The van der Waals surface area contributed by atoms with Gasteiger partial charge in [-0.1, -0.05) is 11.6 Å². The molecule has 6 nitrogen and oxygen atoms in total. The smallest absolute Gasteiger partial charge is 0.227 e. The van der Waals surface area contributed by atoms with E-state index in [1.807, 2.05) is 13.0 Å². The Labute approximate surface area is 145 Å². The van der Waals surface area contributed by atoms with Crippen LogP contribution in [-0.4, -0.2) is 34.1 Å². The molecule has 0 radical (unpaired) electrons. The molecule has 2 aromatic rings. The third-order valence-electron chi connectivity index (χ3n) is 4.20. The summed E-state index contributed by atoms with van der Waals surface area (Å²) in [5.41, 5.74) is 1.28. The van der Waals surface area contributed by atoms with Crippen LogP contribution in [0.4, 0.5) is 11.5 Å². The Morgan fingerprint density at radius 2 is 2.04 bits per heavy atom. The maximum Gasteiger partial charge on any atom is 0.227 e. The number of nitrogens with zero attached hydrogens (tertiary/aromatic N) is 3. The number of hydrogen-bond donors (Lipinski definition) is 2. The van der Waals surface area contributed by atoms with Crippen molar-refractivity contribution in [2.24, 2.45) is 5.92 Å². The number of piperidine rings is 1. The lowest BCUT2D eigenvalue weighted by Crippen LogP contribution is -2.38. The van der Waals surface area contributed by atoms with E-state index in [0.717, 1.165) is 37.4 Å². The normalized spacial score (nSPS) is 15.3. The molecule has 1 aliphatic heterocycles. The van der Waals surface area contributed by atoms with Gasteiger partial charge in [-0.25, -0.2) is 9.97 Å². The summed E-state index contributed by atoms with van der Waals surface area (Å²) in [5.74, 6) is 0.726. The molecule has 1 aromatic heterocycles. The number of nitrogens with one attached hydrogen (secondary N) is 1. The largest absolute Gasteiger partial charge is 0.506 e. The number of phenolic OH excluding ortho intramolecular Hbond substituents is 1. The Kier molecular flexibility index (Phi) is 4.85. The number of anilines is 2. The molecule has 0 atom stereocenters. The van der Waals surface area contributed by atoms with Gasteiger partial charge in [0.2, 0.25) is 5.91 Å². The highest BCUT2D eigenvalue weighted by atomic mass is 35.5. The number of aromatic hydroxyl groups is 1. The van der Waals surface area contributed by atoms with Crippen molar-refractivity contribution >= 4 is 29.0 Å². The van der Waals surface area contributed by atoms with Crippen molar-refractivity contribution in [3.63, 3.8) is 0 Å². The molecule has 0 spiro atoms. The fourth-order valence-electron chi connectivity index (χ4n) is 2.83. The molecule has 1 aromatic carbocycles. The summed E-state index contributed by atoms with van der Waals surface area (Å²) >= 11 is 5.90. The molecule has 0 bridgehead atoms. The van der Waals surface area contributed by atoms with Crippen LogP contribution >= 0.6 is 11.6 Å². The number of benzene rings is 1. The van der Waals surface area contributed by atoms with E-state index < -0.39 is 0 Å². The molecular formula is C17H19ClN4O2. The zero-order valence-electron chi connectivity index (χ0n) is 13.4. The zero-order valence-corrected chi connectivity index (χ0v) is 14.1.